The van der Waals surface area contributed by atoms with E-state index in [2.05, 4.69) is 10.6 Å². The van der Waals surface area contributed by atoms with Crippen molar-refractivity contribution in [3.05, 3.63) is 0 Å². The second kappa shape index (κ2) is 5.27. The summed E-state index contributed by atoms with van der Waals surface area (Å²) in [6, 6.07) is -0.157. The van der Waals surface area contributed by atoms with Crippen LogP contribution in [0.15, 0.2) is 0 Å². The lowest BCUT2D eigenvalue weighted by Gasteiger charge is -1.91. The summed E-state index contributed by atoms with van der Waals surface area (Å²) in [5.41, 5.74) is 0. The molecule has 0 saturated heterocycles. The molecule has 3 heteroatoms. The number of hydrogen-bond donors (Lipinski definition) is 2. The van der Waals surface area contributed by atoms with Crippen LogP contribution >= 0.6 is 0 Å². The van der Waals surface area contributed by atoms with Gasteiger partial charge in [0.1, 0.15) is 0 Å². The zero-order valence-corrected chi connectivity index (χ0v) is 3.91. The summed E-state index contributed by atoms with van der Waals surface area (Å²) in [5.74, 6) is 0. The van der Waals surface area contributed by atoms with Gasteiger partial charge in [0.25, 0.3) is 0 Å². The Morgan fingerprint density at radius 2 is 1.57 bits per heavy atom. The SMILES string of the molecule is C.CNC(=O)NC. The van der Waals surface area contributed by atoms with Gasteiger partial charge in [-0.3, -0.25) is 0 Å². The summed E-state index contributed by atoms with van der Waals surface area (Å²) in [6.07, 6.45) is 0. The average Bonchev–Trinajstić information content (AvgIpc) is 1.65. The summed E-state index contributed by atoms with van der Waals surface area (Å²) in [5, 5.41) is 4.73. The first-order chi connectivity index (χ1) is 2.81. The zero-order chi connectivity index (χ0) is 4.99. The maximum atomic E-state index is 9.96. The molecule has 0 aliphatic rings. The molecule has 0 aromatic carbocycles. The van der Waals surface area contributed by atoms with E-state index in [1.165, 1.54) is 0 Å². The van der Waals surface area contributed by atoms with Crippen molar-refractivity contribution in [2.45, 2.75) is 7.43 Å². The van der Waals surface area contributed by atoms with Crippen LogP contribution in [0.2, 0.25) is 0 Å². The van der Waals surface area contributed by atoms with E-state index >= 15 is 0 Å². The smallest absolute Gasteiger partial charge is 0.314 e. The van der Waals surface area contributed by atoms with E-state index in [9.17, 15) is 4.79 Å². The number of nitrogens with one attached hydrogen (secondary N) is 2. The predicted octanol–water partition coefficient (Wildman–Crippen LogP) is 0.181. The molecule has 0 rings (SSSR count). The molecule has 0 heterocycles. The number of hydrogen-bond acceptors (Lipinski definition) is 1. The summed E-state index contributed by atoms with van der Waals surface area (Å²) in [6.45, 7) is 0. The number of urea groups is 1. The average molecular weight is 104 g/mol. The molecule has 2 amide bonds. The largest absolute Gasteiger partial charge is 0.341 e. The van der Waals surface area contributed by atoms with Crippen LogP contribution < -0.4 is 10.6 Å². The van der Waals surface area contributed by atoms with Crippen LogP contribution in [0, 0.1) is 0 Å². The lowest BCUT2D eigenvalue weighted by molar-refractivity contribution is 0.245. The Labute approximate surface area is 44.1 Å². The molecule has 0 spiro atoms. The molecule has 0 atom stereocenters. The Hall–Kier alpha value is -0.730. The molecular weight excluding hydrogens is 92.1 g/mol. The molecule has 0 fully saturated rings. The van der Waals surface area contributed by atoms with Crippen LogP contribution in [0.5, 0.6) is 0 Å². The third-order valence-electron chi connectivity index (χ3n) is 0.454. The van der Waals surface area contributed by atoms with Gasteiger partial charge in [-0.15, -0.1) is 0 Å². The van der Waals surface area contributed by atoms with Crippen LogP contribution in [-0.2, 0) is 0 Å². The Balaban J connectivity index is 0. The summed E-state index contributed by atoms with van der Waals surface area (Å²) in [4.78, 5) is 9.96. The third kappa shape index (κ3) is 5.27. The normalized spacial score (nSPS) is 6.00. The van der Waals surface area contributed by atoms with Crippen molar-refractivity contribution in [2.75, 3.05) is 14.1 Å². The fourth-order valence-corrected chi connectivity index (χ4v) is 0.125. The van der Waals surface area contributed by atoms with Crippen LogP contribution in [0.25, 0.3) is 0 Å². The molecule has 2 N–H and O–H groups in total. The van der Waals surface area contributed by atoms with Crippen molar-refractivity contribution in [1.29, 1.82) is 0 Å². The first-order valence-electron chi connectivity index (χ1n) is 1.70. The quantitative estimate of drug-likeness (QED) is 0.452. The van der Waals surface area contributed by atoms with Crippen molar-refractivity contribution in [3.8, 4) is 0 Å². The molecule has 0 bridgehead atoms. The first-order valence-corrected chi connectivity index (χ1v) is 1.70. The molecule has 0 aromatic heterocycles. The Kier molecular flexibility index (Phi) is 7.19. The van der Waals surface area contributed by atoms with Gasteiger partial charge in [-0.05, 0) is 0 Å². The molecule has 3 nitrogen and oxygen atoms in total. The molecule has 0 unspecified atom stereocenters. The highest BCUT2D eigenvalue weighted by atomic mass is 16.2. The van der Waals surface area contributed by atoms with Gasteiger partial charge >= 0.3 is 6.03 Å². The molecule has 44 valence electrons. The fraction of sp³-hybridized carbons (Fsp3) is 0.750. The van der Waals surface area contributed by atoms with Gasteiger partial charge in [0.05, 0.1) is 0 Å². The zero-order valence-electron chi connectivity index (χ0n) is 3.91. The van der Waals surface area contributed by atoms with Crippen molar-refractivity contribution in [2.24, 2.45) is 0 Å². The van der Waals surface area contributed by atoms with E-state index < -0.39 is 0 Å². The summed E-state index contributed by atoms with van der Waals surface area (Å²) < 4.78 is 0. The van der Waals surface area contributed by atoms with Crippen LogP contribution in [-0.4, -0.2) is 20.1 Å². The molecule has 0 radical (unpaired) electrons. The van der Waals surface area contributed by atoms with E-state index in [1.54, 1.807) is 14.1 Å². The molecule has 0 aliphatic heterocycles. The van der Waals surface area contributed by atoms with Gasteiger partial charge in [-0.1, -0.05) is 7.43 Å². The van der Waals surface area contributed by atoms with E-state index in [1.807, 2.05) is 0 Å². The van der Waals surface area contributed by atoms with Crippen molar-refractivity contribution >= 4 is 6.03 Å². The van der Waals surface area contributed by atoms with Crippen molar-refractivity contribution < 1.29 is 4.79 Å². The highest BCUT2D eigenvalue weighted by Crippen LogP contribution is 1.48. The molecule has 0 aromatic rings. The maximum Gasteiger partial charge on any atom is 0.314 e. The topological polar surface area (TPSA) is 41.1 Å². The molecule has 0 aliphatic carbocycles. The molecule has 7 heavy (non-hydrogen) atoms. The predicted molar refractivity (Wildman–Crippen MR) is 30.2 cm³/mol. The second-order valence-corrected chi connectivity index (χ2v) is 0.829. The second-order valence-electron chi connectivity index (χ2n) is 0.829. The highest BCUT2D eigenvalue weighted by molar-refractivity contribution is 5.72. The minimum Gasteiger partial charge on any atom is -0.341 e. The van der Waals surface area contributed by atoms with Gasteiger partial charge < -0.3 is 10.6 Å². The lowest BCUT2D eigenvalue weighted by Crippen LogP contribution is -2.28. The van der Waals surface area contributed by atoms with Gasteiger partial charge in [-0.25, -0.2) is 4.79 Å². The molecule has 0 saturated carbocycles. The molecular formula is C4H12N2O. The van der Waals surface area contributed by atoms with Gasteiger partial charge in [0.2, 0.25) is 0 Å². The van der Waals surface area contributed by atoms with Crippen molar-refractivity contribution in [3.63, 3.8) is 0 Å². The van der Waals surface area contributed by atoms with E-state index in [-0.39, 0.29) is 13.5 Å². The van der Waals surface area contributed by atoms with Crippen molar-refractivity contribution in [1.82, 2.24) is 10.6 Å². The lowest BCUT2D eigenvalue weighted by atomic mass is 11.0. The fourth-order valence-electron chi connectivity index (χ4n) is 0.125. The standard InChI is InChI=1S/C3H8N2O.CH4/c1-4-3(6)5-2;/h1-2H3,(H2,4,5,6);1H4. The number of rotatable bonds is 0. The maximum absolute atomic E-state index is 9.96. The van der Waals surface area contributed by atoms with Gasteiger partial charge in [-0.2, -0.15) is 0 Å². The first kappa shape index (κ1) is 9.55. The minimum atomic E-state index is -0.157. The third-order valence-corrected chi connectivity index (χ3v) is 0.454. The van der Waals surface area contributed by atoms with Crippen LogP contribution in [0.1, 0.15) is 7.43 Å². The van der Waals surface area contributed by atoms with E-state index in [0.717, 1.165) is 0 Å². The minimum absolute atomic E-state index is 0. The van der Waals surface area contributed by atoms with Gasteiger partial charge in [0, 0.05) is 14.1 Å². The Bertz CT molecular complexity index is 47.7. The van der Waals surface area contributed by atoms with E-state index in [4.69, 9.17) is 0 Å². The Morgan fingerprint density at radius 1 is 1.29 bits per heavy atom. The number of carbonyl (C=O) groups excluding carboxylic acids is 1. The highest BCUT2D eigenvalue weighted by Gasteiger charge is 1.81. The summed E-state index contributed by atoms with van der Waals surface area (Å²) in [7, 11) is 3.14. The Morgan fingerprint density at radius 3 is 1.57 bits per heavy atom. The van der Waals surface area contributed by atoms with Crippen LogP contribution in [0.4, 0.5) is 4.79 Å². The van der Waals surface area contributed by atoms with Crippen LogP contribution in [0.3, 0.4) is 0 Å². The summed E-state index contributed by atoms with van der Waals surface area (Å²) >= 11 is 0. The number of carbonyl (C=O) groups is 1. The monoisotopic (exact) mass is 104 g/mol. The number of amides is 2. The van der Waals surface area contributed by atoms with E-state index in [0.29, 0.717) is 0 Å². The van der Waals surface area contributed by atoms with Gasteiger partial charge in [0.15, 0.2) is 0 Å².